The Morgan fingerprint density at radius 3 is 3.08 bits per heavy atom. The maximum atomic E-state index is 4.21. The van der Waals surface area contributed by atoms with Crippen LogP contribution in [-0.2, 0) is 6.54 Å². The van der Waals surface area contributed by atoms with Gasteiger partial charge in [0, 0.05) is 12.7 Å². The lowest BCUT2D eigenvalue weighted by Gasteiger charge is -2.01. The highest BCUT2D eigenvalue weighted by Crippen LogP contribution is 2.17. The second-order valence-electron chi connectivity index (χ2n) is 2.45. The highest BCUT2D eigenvalue weighted by atomic mass is 32.0. The van der Waals surface area contributed by atoms with Gasteiger partial charge in [-0.2, -0.15) is 0 Å². The van der Waals surface area contributed by atoms with Crippen LogP contribution in [-0.4, -0.2) is 17.7 Å². The van der Waals surface area contributed by atoms with Gasteiger partial charge in [0.2, 0.25) is 0 Å². The van der Waals surface area contributed by atoms with E-state index in [1.165, 1.54) is 6.16 Å². The van der Waals surface area contributed by atoms with Crippen LogP contribution < -0.4 is 5.32 Å². The Hall–Kier alpha value is -0.0300. The standard InChI is InChI=1S/C8H14N2P2/c11-12-6-5-9-7-8-3-1-2-4-10-8/h1-4,9,12H,5-7,11H2. The third kappa shape index (κ3) is 4.11. The first-order valence-electron chi connectivity index (χ1n) is 3.97. The smallest absolute Gasteiger partial charge is 0.0541 e. The number of hydrogen-bond acceptors (Lipinski definition) is 2. The lowest BCUT2D eigenvalue weighted by molar-refractivity contribution is 0.715. The zero-order valence-corrected chi connectivity index (χ0v) is 9.11. The van der Waals surface area contributed by atoms with E-state index in [9.17, 15) is 0 Å². The molecule has 1 rings (SSSR count). The van der Waals surface area contributed by atoms with Crippen molar-refractivity contribution in [1.29, 1.82) is 0 Å². The van der Waals surface area contributed by atoms with Gasteiger partial charge >= 0.3 is 0 Å². The topological polar surface area (TPSA) is 24.9 Å². The highest BCUT2D eigenvalue weighted by Gasteiger charge is 1.90. The van der Waals surface area contributed by atoms with E-state index in [0.717, 1.165) is 27.1 Å². The van der Waals surface area contributed by atoms with E-state index in [1.54, 1.807) is 0 Å². The molecule has 1 aromatic rings. The molecule has 0 spiro atoms. The van der Waals surface area contributed by atoms with Crippen molar-refractivity contribution in [2.24, 2.45) is 0 Å². The van der Waals surface area contributed by atoms with Gasteiger partial charge in [-0.1, -0.05) is 6.07 Å². The van der Waals surface area contributed by atoms with Gasteiger partial charge in [-0.3, -0.25) is 4.98 Å². The molecule has 1 aromatic heterocycles. The normalized spacial score (nSPS) is 11.1. The molecule has 1 heterocycles. The second kappa shape index (κ2) is 6.48. The van der Waals surface area contributed by atoms with Gasteiger partial charge in [0.1, 0.15) is 0 Å². The first-order chi connectivity index (χ1) is 5.93. The van der Waals surface area contributed by atoms with Crippen molar-refractivity contribution >= 4 is 17.2 Å². The molecule has 0 saturated carbocycles. The van der Waals surface area contributed by atoms with Gasteiger partial charge in [0.15, 0.2) is 0 Å². The summed E-state index contributed by atoms with van der Waals surface area (Å²) >= 11 is 0. The molecule has 4 heteroatoms. The Labute approximate surface area is 77.4 Å². The maximum Gasteiger partial charge on any atom is 0.0541 e. The van der Waals surface area contributed by atoms with Crippen molar-refractivity contribution in [2.75, 3.05) is 12.7 Å². The van der Waals surface area contributed by atoms with E-state index in [-0.39, 0.29) is 0 Å². The maximum absolute atomic E-state index is 4.21. The third-order valence-corrected chi connectivity index (χ3v) is 2.88. The van der Waals surface area contributed by atoms with Crippen molar-refractivity contribution in [3.8, 4) is 0 Å². The summed E-state index contributed by atoms with van der Waals surface area (Å²) in [7, 11) is 3.71. The summed E-state index contributed by atoms with van der Waals surface area (Å²) in [5.41, 5.74) is 1.12. The molecular formula is C8H14N2P2. The Kier molecular flexibility index (Phi) is 5.43. The molecule has 12 heavy (non-hydrogen) atoms. The molecule has 2 unspecified atom stereocenters. The lowest BCUT2D eigenvalue weighted by atomic mass is 10.3. The van der Waals surface area contributed by atoms with E-state index in [1.807, 2.05) is 24.4 Å². The Balaban J connectivity index is 2.16. The predicted octanol–water partition coefficient (Wildman–Crippen LogP) is 1.64. The molecule has 66 valence electrons. The lowest BCUT2D eigenvalue weighted by Crippen LogP contribution is -2.16. The zero-order valence-electron chi connectivity index (χ0n) is 6.96. The Morgan fingerprint density at radius 1 is 1.50 bits per heavy atom. The van der Waals surface area contributed by atoms with E-state index in [4.69, 9.17) is 0 Å². The summed E-state index contributed by atoms with van der Waals surface area (Å²) in [6.07, 6.45) is 3.06. The number of nitrogens with zero attached hydrogens (tertiary/aromatic N) is 1. The quantitative estimate of drug-likeness (QED) is 0.577. The van der Waals surface area contributed by atoms with Crippen LogP contribution in [0, 0.1) is 0 Å². The monoisotopic (exact) mass is 200 g/mol. The van der Waals surface area contributed by atoms with Gasteiger partial charge < -0.3 is 5.32 Å². The van der Waals surface area contributed by atoms with Crippen LogP contribution >= 0.6 is 17.2 Å². The van der Waals surface area contributed by atoms with Crippen molar-refractivity contribution in [3.63, 3.8) is 0 Å². The SMILES string of the molecule is PPCCNCc1ccccn1. The summed E-state index contributed by atoms with van der Waals surface area (Å²) in [5, 5.41) is 3.33. The second-order valence-corrected chi connectivity index (χ2v) is 4.58. The Morgan fingerprint density at radius 2 is 2.42 bits per heavy atom. The molecule has 0 aliphatic carbocycles. The molecule has 0 fully saturated rings. The van der Waals surface area contributed by atoms with Crippen LogP contribution in [0.15, 0.2) is 24.4 Å². The Bertz CT molecular complexity index is 203. The number of aromatic nitrogens is 1. The number of rotatable bonds is 5. The summed E-state index contributed by atoms with van der Waals surface area (Å²) in [6.45, 7) is 1.97. The third-order valence-electron chi connectivity index (χ3n) is 1.48. The molecule has 0 amide bonds. The predicted molar refractivity (Wildman–Crippen MR) is 58.8 cm³/mol. The van der Waals surface area contributed by atoms with Gasteiger partial charge in [0.25, 0.3) is 0 Å². The molecule has 0 radical (unpaired) electrons. The van der Waals surface area contributed by atoms with Crippen molar-refractivity contribution in [2.45, 2.75) is 6.54 Å². The summed E-state index contributed by atoms with van der Waals surface area (Å²) in [4.78, 5) is 4.21. The van der Waals surface area contributed by atoms with E-state index in [0.29, 0.717) is 0 Å². The summed E-state index contributed by atoms with van der Waals surface area (Å²) in [6, 6.07) is 5.99. The van der Waals surface area contributed by atoms with Crippen LogP contribution in [0.25, 0.3) is 0 Å². The van der Waals surface area contributed by atoms with Crippen molar-refractivity contribution in [1.82, 2.24) is 10.3 Å². The van der Waals surface area contributed by atoms with Gasteiger partial charge in [-0.25, -0.2) is 0 Å². The minimum atomic E-state index is 0.885. The van der Waals surface area contributed by atoms with Gasteiger partial charge in [-0.15, -0.1) is 17.2 Å². The van der Waals surface area contributed by atoms with Crippen LogP contribution in [0.4, 0.5) is 0 Å². The van der Waals surface area contributed by atoms with Gasteiger partial charge in [0.05, 0.1) is 5.69 Å². The van der Waals surface area contributed by atoms with E-state index < -0.39 is 0 Å². The van der Waals surface area contributed by atoms with E-state index in [2.05, 4.69) is 19.2 Å². The van der Waals surface area contributed by atoms with Crippen LogP contribution in [0.2, 0.25) is 0 Å². The molecule has 1 N–H and O–H groups in total. The van der Waals surface area contributed by atoms with Crippen molar-refractivity contribution in [3.05, 3.63) is 30.1 Å². The fourth-order valence-electron chi connectivity index (χ4n) is 0.880. The molecular weight excluding hydrogens is 186 g/mol. The first-order valence-corrected chi connectivity index (χ1v) is 6.99. The molecule has 2 nitrogen and oxygen atoms in total. The number of hydrogen-bond donors (Lipinski definition) is 1. The fourth-order valence-corrected chi connectivity index (χ4v) is 1.63. The average molecular weight is 200 g/mol. The molecule has 0 aliphatic rings. The van der Waals surface area contributed by atoms with Crippen molar-refractivity contribution < 1.29 is 0 Å². The minimum Gasteiger partial charge on any atom is -0.311 e. The zero-order chi connectivity index (χ0) is 8.65. The van der Waals surface area contributed by atoms with Crippen LogP contribution in [0.1, 0.15) is 5.69 Å². The largest absolute Gasteiger partial charge is 0.311 e. The van der Waals surface area contributed by atoms with Gasteiger partial charge in [-0.05, 0) is 24.8 Å². The molecule has 0 aliphatic heterocycles. The number of pyridine rings is 1. The van der Waals surface area contributed by atoms with Crippen LogP contribution in [0.3, 0.4) is 0 Å². The van der Waals surface area contributed by atoms with Crippen LogP contribution in [0.5, 0.6) is 0 Å². The molecule has 0 bridgehead atoms. The first kappa shape index (κ1) is 10.1. The molecule has 2 atom stereocenters. The summed E-state index contributed by atoms with van der Waals surface area (Å²) in [5.74, 6) is 0. The number of nitrogens with one attached hydrogen (secondary N) is 1. The van der Waals surface area contributed by atoms with E-state index >= 15 is 0 Å². The highest BCUT2D eigenvalue weighted by molar-refractivity contribution is 8.02. The molecule has 0 saturated heterocycles. The minimum absolute atomic E-state index is 0.885. The average Bonchev–Trinajstić information content (AvgIpc) is 2.14. The summed E-state index contributed by atoms with van der Waals surface area (Å²) < 4.78 is 0. The molecule has 0 aromatic carbocycles. The fraction of sp³-hybridized carbons (Fsp3) is 0.375.